The molecular formula is C26H26N3O5+. The van der Waals surface area contributed by atoms with Crippen molar-refractivity contribution in [2.24, 2.45) is 28.0 Å². The number of ether oxygens (including phenoxy) is 1. The van der Waals surface area contributed by atoms with Crippen LogP contribution in [-0.4, -0.2) is 30.1 Å². The smallest absolute Gasteiger partial charge is 0.360 e. The maximum absolute atomic E-state index is 12.8. The van der Waals surface area contributed by atoms with Gasteiger partial charge in [-0.3, -0.25) is 4.79 Å². The Morgan fingerprint density at radius 3 is 2.09 bits per heavy atom. The Bertz CT molecular complexity index is 1190. The number of carbonyl (C=O) groups is 3. The van der Waals surface area contributed by atoms with Gasteiger partial charge in [0.05, 0.1) is 18.2 Å². The van der Waals surface area contributed by atoms with Crippen molar-refractivity contribution in [3.63, 3.8) is 0 Å². The zero-order valence-corrected chi connectivity index (χ0v) is 18.9. The number of carboxylic acid groups (broad SMARTS) is 1. The van der Waals surface area contributed by atoms with E-state index in [0.29, 0.717) is 34.6 Å². The normalized spacial score (nSPS) is 26.4. The fourth-order valence-electron chi connectivity index (χ4n) is 6.69. The molecule has 1 amide bonds. The molecule has 174 valence electrons. The fourth-order valence-corrected chi connectivity index (χ4v) is 6.69. The Labute approximate surface area is 196 Å². The summed E-state index contributed by atoms with van der Waals surface area (Å²) in [5, 5.41) is 16.6. The molecule has 2 aromatic rings. The highest BCUT2D eigenvalue weighted by Gasteiger charge is 2.52. The summed E-state index contributed by atoms with van der Waals surface area (Å²) in [6.45, 7) is 0. The van der Waals surface area contributed by atoms with Crippen LogP contribution in [-0.2, 0) is 10.2 Å². The van der Waals surface area contributed by atoms with Crippen molar-refractivity contribution in [2.45, 2.75) is 43.9 Å². The van der Waals surface area contributed by atoms with Gasteiger partial charge in [-0.1, -0.05) is 0 Å². The molecule has 0 spiro atoms. The minimum atomic E-state index is -1.03. The summed E-state index contributed by atoms with van der Waals surface area (Å²) in [5.74, 6) is 0.0828. The van der Waals surface area contributed by atoms with E-state index >= 15 is 0 Å². The van der Waals surface area contributed by atoms with Crippen molar-refractivity contribution in [3.05, 3.63) is 64.7 Å². The summed E-state index contributed by atoms with van der Waals surface area (Å²) >= 11 is 0. The number of esters is 1. The molecule has 4 bridgehead atoms. The number of nitrogens with zero attached hydrogens (tertiary/aromatic N) is 3. The summed E-state index contributed by atoms with van der Waals surface area (Å²) in [6, 6.07) is 10.8. The zero-order chi connectivity index (χ0) is 23.9. The Morgan fingerprint density at radius 1 is 0.941 bits per heavy atom. The van der Waals surface area contributed by atoms with Crippen LogP contribution >= 0.6 is 0 Å². The Morgan fingerprint density at radius 2 is 1.53 bits per heavy atom. The minimum Gasteiger partial charge on any atom is -0.478 e. The highest BCUT2D eigenvalue weighted by molar-refractivity contribution is 5.97. The summed E-state index contributed by atoms with van der Waals surface area (Å²) < 4.78 is 5.06. The van der Waals surface area contributed by atoms with Gasteiger partial charge >= 0.3 is 17.8 Å². The first-order valence-electron chi connectivity index (χ1n) is 11.6. The first-order valence-corrected chi connectivity index (χ1v) is 11.6. The van der Waals surface area contributed by atoms with E-state index in [-0.39, 0.29) is 16.9 Å². The van der Waals surface area contributed by atoms with E-state index in [0.717, 1.165) is 24.8 Å². The molecule has 6 rings (SSSR count). The van der Waals surface area contributed by atoms with E-state index in [1.54, 1.807) is 12.1 Å². The lowest BCUT2D eigenvalue weighted by Crippen LogP contribution is -2.49. The van der Waals surface area contributed by atoms with Gasteiger partial charge in [-0.15, -0.1) is 0 Å². The van der Waals surface area contributed by atoms with Crippen molar-refractivity contribution >= 4 is 23.5 Å². The van der Waals surface area contributed by atoms with Gasteiger partial charge in [0.1, 0.15) is 0 Å². The van der Waals surface area contributed by atoms with Crippen LogP contribution in [0.2, 0.25) is 0 Å². The Balaban J connectivity index is 1.45. The summed E-state index contributed by atoms with van der Waals surface area (Å²) in [5.41, 5.74) is 2.22. The molecule has 0 radical (unpaired) electrons. The molecule has 34 heavy (non-hydrogen) atoms. The Kier molecular flexibility index (Phi) is 5.62. The number of carboxylic acids is 1. The average Bonchev–Trinajstić information content (AvgIpc) is 2.82. The number of hydrogen-bond acceptors (Lipinski definition) is 5. The topological polar surface area (TPSA) is 119 Å². The molecule has 8 nitrogen and oxygen atoms in total. The van der Waals surface area contributed by atoms with Gasteiger partial charge in [-0.25, -0.2) is 9.59 Å². The molecule has 8 heteroatoms. The molecule has 4 saturated carbocycles. The van der Waals surface area contributed by atoms with E-state index in [2.05, 4.69) is 15.1 Å². The van der Waals surface area contributed by atoms with Gasteiger partial charge in [-0.05, 0) is 110 Å². The largest absolute Gasteiger partial charge is 0.478 e. The van der Waals surface area contributed by atoms with E-state index in [1.165, 1.54) is 50.6 Å². The lowest BCUT2D eigenvalue weighted by molar-refractivity contribution is -0.00595. The first kappa shape index (κ1) is 22.2. The number of amides is 1. The van der Waals surface area contributed by atoms with E-state index < -0.39 is 11.9 Å². The van der Waals surface area contributed by atoms with E-state index in [9.17, 15) is 14.4 Å². The lowest BCUT2D eigenvalue weighted by atomic mass is 9.47. The molecular weight excluding hydrogens is 434 g/mol. The van der Waals surface area contributed by atoms with Crippen molar-refractivity contribution in [3.8, 4) is 0 Å². The van der Waals surface area contributed by atoms with Crippen LogP contribution in [0, 0.1) is 17.8 Å². The maximum Gasteiger partial charge on any atom is 0.360 e. The molecule has 0 atom stereocenters. The van der Waals surface area contributed by atoms with E-state index in [4.69, 9.17) is 9.84 Å². The van der Waals surface area contributed by atoms with Crippen molar-refractivity contribution in [1.82, 2.24) is 4.91 Å². The number of hydrogen-bond donors (Lipinski definition) is 1. The van der Waals surface area contributed by atoms with Gasteiger partial charge in [0.2, 0.25) is 10.0 Å². The van der Waals surface area contributed by atoms with Crippen LogP contribution in [0.1, 0.15) is 75.2 Å². The highest BCUT2D eigenvalue weighted by atomic mass is 16.5. The van der Waals surface area contributed by atoms with Crippen molar-refractivity contribution < 1.29 is 24.2 Å². The SMILES string of the molecule is COC(=O)c1ccc(C(=O)N=[N+]=Nc2ccc(C(=O)O)cc2)cc1C12CC3CC(CC(C3)C1)C2. The second kappa shape index (κ2) is 8.61. The van der Waals surface area contributed by atoms with Crippen LogP contribution in [0.4, 0.5) is 5.69 Å². The third-order valence-electron chi connectivity index (χ3n) is 7.69. The van der Waals surface area contributed by atoms with Gasteiger partial charge in [-0.2, -0.15) is 0 Å². The predicted molar refractivity (Wildman–Crippen MR) is 122 cm³/mol. The highest BCUT2D eigenvalue weighted by Crippen LogP contribution is 2.61. The number of carbonyl (C=O) groups excluding carboxylic acids is 2. The average molecular weight is 461 g/mol. The molecule has 4 aliphatic rings. The molecule has 0 aromatic heterocycles. The van der Waals surface area contributed by atoms with Crippen LogP contribution in [0.25, 0.3) is 0 Å². The quantitative estimate of drug-likeness (QED) is 0.379. The van der Waals surface area contributed by atoms with E-state index in [1.807, 2.05) is 6.07 Å². The molecule has 4 aliphatic carbocycles. The van der Waals surface area contributed by atoms with Gasteiger partial charge in [0.15, 0.2) is 10.8 Å². The third kappa shape index (κ3) is 4.05. The summed E-state index contributed by atoms with van der Waals surface area (Å²) in [7, 11) is 1.38. The lowest BCUT2D eigenvalue weighted by Gasteiger charge is -2.57. The van der Waals surface area contributed by atoms with Crippen LogP contribution in [0.15, 0.2) is 52.7 Å². The summed E-state index contributed by atoms with van der Waals surface area (Å²) in [6.07, 6.45) is 6.95. The second-order valence-electron chi connectivity index (χ2n) is 9.90. The van der Waals surface area contributed by atoms with Gasteiger partial charge in [0.25, 0.3) is 0 Å². The van der Waals surface area contributed by atoms with Gasteiger partial charge < -0.3 is 9.84 Å². The van der Waals surface area contributed by atoms with Crippen LogP contribution in [0.3, 0.4) is 0 Å². The van der Waals surface area contributed by atoms with Crippen molar-refractivity contribution in [2.75, 3.05) is 7.11 Å². The number of aromatic carboxylic acids is 1. The standard InChI is InChI=1S/C26H25N3O5/c1-34-25(33)21-7-4-19(23(30)28-29-27-20-5-2-18(3-6-20)24(31)32)11-22(21)26-12-15-8-16(13-26)10-17(9-15)14-26/h2-7,11,15-17H,8-10,12-14H2,1H3/p+1. The molecule has 0 heterocycles. The predicted octanol–water partition coefficient (Wildman–Crippen LogP) is 5.08. The zero-order valence-electron chi connectivity index (χ0n) is 18.9. The van der Waals surface area contributed by atoms with Crippen LogP contribution in [0.5, 0.6) is 0 Å². The molecule has 0 aliphatic heterocycles. The number of benzene rings is 2. The molecule has 4 fully saturated rings. The molecule has 0 unspecified atom stereocenters. The first-order chi connectivity index (χ1) is 16.4. The monoisotopic (exact) mass is 460 g/mol. The minimum absolute atomic E-state index is 0.0953. The van der Waals surface area contributed by atoms with Crippen LogP contribution < -0.4 is 4.91 Å². The third-order valence-corrected chi connectivity index (χ3v) is 7.69. The molecule has 1 N–H and O–H groups in total. The van der Waals surface area contributed by atoms with Gasteiger partial charge in [0, 0.05) is 5.56 Å². The molecule has 0 saturated heterocycles. The number of methoxy groups -OCH3 is 1. The second-order valence-corrected chi connectivity index (χ2v) is 9.90. The number of rotatable bonds is 5. The van der Waals surface area contributed by atoms with Crippen molar-refractivity contribution in [1.29, 1.82) is 0 Å². The summed E-state index contributed by atoms with van der Waals surface area (Å²) in [4.78, 5) is 40.0. The maximum atomic E-state index is 12.8. The molecule has 2 aromatic carbocycles. The fraction of sp³-hybridized carbons (Fsp3) is 0.423. The Hall–Kier alpha value is -3.64.